The van der Waals surface area contributed by atoms with Crippen LogP contribution in [0.15, 0.2) is 58.8 Å². The van der Waals surface area contributed by atoms with E-state index in [1.54, 1.807) is 23.7 Å². The molecule has 27 heavy (non-hydrogen) atoms. The molecule has 0 spiro atoms. The number of carbonyl (C=O) groups excluding carboxylic acids is 1. The van der Waals surface area contributed by atoms with Crippen LogP contribution in [0.2, 0.25) is 0 Å². The van der Waals surface area contributed by atoms with Crippen LogP contribution >= 0.6 is 11.8 Å². The fourth-order valence-electron chi connectivity index (χ4n) is 2.46. The smallest absolute Gasteiger partial charge is 0.284 e. The molecule has 1 aromatic heterocycles. The molecule has 0 bridgehead atoms. The third kappa shape index (κ3) is 4.50. The lowest BCUT2D eigenvalue weighted by atomic mass is 10.1. The summed E-state index contributed by atoms with van der Waals surface area (Å²) in [6, 6.07) is 12.2. The van der Waals surface area contributed by atoms with Gasteiger partial charge in [0.25, 0.3) is 11.6 Å². The number of nitro benzene ring substituents is 1. The van der Waals surface area contributed by atoms with Crippen molar-refractivity contribution in [3.05, 3.63) is 75.6 Å². The van der Waals surface area contributed by atoms with Gasteiger partial charge in [-0.2, -0.15) is 0 Å². The number of nitro groups is 1. The Hall–Kier alpha value is -3.20. The van der Waals surface area contributed by atoms with E-state index in [9.17, 15) is 14.9 Å². The summed E-state index contributed by atoms with van der Waals surface area (Å²) < 4.78 is 1.66. The molecule has 0 aliphatic rings. The Morgan fingerprint density at radius 2 is 2.11 bits per heavy atom. The van der Waals surface area contributed by atoms with E-state index in [4.69, 9.17) is 0 Å². The quantitative estimate of drug-likeness (QED) is 0.518. The van der Waals surface area contributed by atoms with Crippen molar-refractivity contribution in [2.45, 2.75) is 23.5 Å². The average molecular weight is 383 g/mol. The molecule has 1 N–H and O–H groups in total. The number of benzene rings is 2. The Morgan fingerprint density at radius 1 is 1.30 bits per heavy atom. The van der Waals surface area contributed by atoms with Crippen LogP contribution in [-0.4, -0.2) is 25.6 Å². The van der Waals surface area contributed by atoms with Gasteiger partial charge in [0.05, 0.1) is 9.82 Å². The van der Waals surface area contributed by atoms with Gasteiger partial charge in [0, 0.05) is 25.2 Å². The van der Waals surface area contributed by atoms with E-state index in [0.717, 1.165) is 22.9 Å². The topological polar surface area (TPSA) is 103 Å². The predicted octanol–water partition coefficient (Wildman–Crippen LogP) is 3.11. The van der Waals surface area contributed by atoms with Crippen molar-refractivity contribution in [3.8, 4) is 0 Å². The Kier molecular flexibility index (Phi) is 5.51. The Bertz CT molecular complexity index is 1000. The highest BCUT2D eigenvalue weighted by Crippen LogP contribution is 2.34. The molecule has 0 aliphatic heterocycles. The third-order valence-electron chi connectivity index (χ3n) is 3.82. The molecule has 9 heteroatoms. The van der Waals surface area contributed by atoms with Crippen LogP contribution < -0.4 is 5.32 Å². The lowest BCUT2D eigenvalue weighted by Crippen LogP contribution is -2.22. The number of aromatic nitrogens is 3. The van der Waals surface area contributed by atoms with Crippen molar-refractivity contribution in [1.29, 1.82) is 0 Å². The van der Waals surface area contributed by atoms with Gasteiger partial charge in [-0.05, 0) is 36.4 Å². The van der Waals surface area contributed by atoms with Gasteiger partial charge in [-0.3, -0.25) is 14.9 Å². The zero-order chi connectivity index (χ0) is 19.4. The number of hydrogen-bond acceptors (Lipinski definition) is 6. The molecule has 138 valence electrons. The van der Waals surface area contributed by atoms with E-state index >= 15 is 0 Å². The summed E-state index contributed by atoms with van der Waals surface area (Å²) >= 11 is 1.12. The minimum absolute atomic E-state index is 0.147. The monoisotopic (exact) mass is 383 g/mol. The summed E-state index contributed by atoms with van der Waals surface area (Å²) in [6.45, 7) is 2.33. The van der Waals surface area contributed by atoms with Gasteiger partial charge >= 0.3 is 0 Å². The Morgan fingerprint density at radius 3 is 2.78 bits per heavy atom. The predicted molar refractivity (Wildman–Crippen MR) is 101 cm³/mol. The van der Waals surface area contributed by atoms with Crippen LogP contribution in [-0.2, 0) is 13.6 Å². The molecule has 1 heterocycles. The number of rotatable bonds is 6. The zero-order valence-corrected chi connectivity index (χ0v) is 15.6. The molecule has 0 aliphatic carbocycles. The van der Waals surface area contributed by atoms with Crippen LogP contribution in [0.4, 0.5) is 5.69 Å². The maximum atomic E-state index is 12.4. The van der Waals surface area contributed by atoms with Crippen LogP contribution in [0, 0.1) is 17.0 Å². The van der Waals surface area contributed by atoms with Gasteiger partial charge in [-0.1, -0.05) is 29.8 Å². The first-order valence-electron chi connectivity index (χ1n) is 8.08. The van der Waals surface area contributed by atoms with Gasteiger partial charge in [-0.25, -0.2) is 0 Å². The van der Waals surface area contributed by atoms with Gasteiger partial charge in [0.2, 0.25) is 0 Å². The summed E-state index contributed by atoms with van der Waals surface area (Å²) in [4.78, 5) is 23.7. The van der Waals surface area contributed by atoms with E-state index in [-0.39, 0.29) is 17.2 Å². The van der Waals surface area contributed by atoms with Crippen LogP contribution in [0.3, 0.4) is 0 Å². The molecule has 0 atom stereocenters. The first-order valence-corrected chi connectivity index (χ1v) is 8.89. The third-order valence-corrected chi connectivity index (χ3v) is 4.94. The molecule has 0 unspecified atom stereocenters. The summed E-state index contributed by atoms with van der Waals surface area (Å²) in [7, 11) is 1.75. The van der Waals surface area contributed by atoms with Crippen molar-refractivity contribution >= 4 is 23.4 Å². The average Bonchev–Trinajstić information content (AvgIpc) is 3.04. The summed E-state index contributed by atoms with van der Waals surface area (Å²) in [5.74, 6) is -0.366. The molecule has 0 saturated heterocycles. The number of aryl methyl sites for hydroxylation is 2. The van der Waals surface area contributed by atoms with Crippen molar-refractivity contribution in [3.63, 3.8) is 0 Å². The highest BCUT2D eigenvalue weighted by molar-refractivity contribution is 7.99. The maximum absolute atomic E-state index is 12.4. The molecule has 0 saturated carbocycles. The fourth-order valence-corrected chi connectivity index (χ4v) is 3.31. The molecule has 8 nitrogen and oxygen atoms in total. The highest BCUT2D eigenvalue weighted by atomic mass is 32.2. The first-order chi connectivity index (χ1) is 12.9. The lowest BCUT2D eigenvalue weighted by Gasteiger charge is -2.08. The van der Waals surface area contributed by atoms with Crippen LogP contribution in [0.1, 0.15) is 21.5 Å². The van der Waals surface area contributed by atoms with E-state index < -0.39 is 4.92 Å². The van der Waals surface area contributed by atoms with Crippen molar-refractivity contribution in [1.82, 2.24) is 20.1 Å². The van der Waals surface area contributed by atoms with Gasteiger partial charge in [0.1, 0.15) is 6.33 Å². The molecule has 2 aromatic carbocycles. The van der Waals surface area contributed by atoms with E-state index in [1.165, 1.54) is 12.4 Å². The van der Waals surface area contributed by atoms with Crippen LogP contribution in [0.5, 0.6) is 0 Å². The minimum atomic E-state index is -0.504. The Labute approximate surface area is 159 Å². The van der Waals surface area contributed by atoms with E-state index in [2.05, 4.69) is 15.5 Å². The second kappa shape index (κ2) is 8.00. The molecule has 0 radical (unpaired) electrons. The second-order valence-corrected chi connectivity index (χ2v) is 6.95. The number of hydrogen-bond donors (Lipinski definition) is 1. The van der Waals surface area contributed by atoms with Crippen LogP contribution in [0.25, 0.3) is 0 Å². The highest BCUT2D eigenvalue weighted by Gasteiger charge is 2.20. The maximum Gasteiger partial charge on any atom is 0.284 e. The lowest BCUT2D eigenvalue weighted by molar-refractivity contribution is -0.387. The fraction of sp³-hybridized carbons (Fsp3) is 0.167. The van der Waals surface area contributed by atoms with E-state index in [1.807, 2.05) is 31.2 Å². The van der Waals surface area contributed by atoms with E-state index in [0.29, 0.717) is 16.6 Å². The molecule has 3 rings (SSSR count). The molecule has 1 amide bonds. The van der Waals surface area contributed by atoms with Gasteiger partial charge in [-0.15, -0.1) is 10.2 Å². The number of nitrogens with one attached hydrogen (secondary N) is 1. The normalized spacial score (nSPS) is 10.6. The van der Waals surface area contributed by atoms with Crippen molar-refractivity contribution in [2.75, 3.05) is 0 Å². The first kappa shape index (κ1) is 18.6. The molecular weight excluding hydrogens is 366 g/mol. The summed E-state index contributed by atoms with van der Waals surface area (Å²) in [5, 5.41) is 22.4. The van der Waals surface area contributed by atoms with Crippen molar-refractivity contribution < 1.29 is 9.72 Å². The minimum Gasteiger partial charge on any atom is -0.348 e. The standard InChI is InChI=1S/C18H17N5O3S/c1-12-4-3-5-13(8-12)10-19-17(24)14-6-7-16(15(9-14)23(25)26)27-18-21-20-11-22(18)2/h3-9,11H,10H2,1-2H3,(H,19,24). The number of carbonyl (C=O) groups is 1. The van der Waals surface area contributed by atoms with Crippen molar-refractivity contribution in [2.24, 2.45) is 7.05 Å². The molecule has 3 aromatic rings. The zero-order valence-electron chi connectivity index (χ0n) is 14.7. The number of amides is 1. The Balaban J connectivity index is 1.77. The largest absolute Gasteiger partial charge is 0.348 e. The summed E-state index contributed by atoms with van der Waals surface area (Å²) in [5.41, 5.74) is 2.15. The second-order valence-electron chi connectivity index (χ2n) is 5.94. The summed E-state index contributed by atoms with van der Waals surface area (Å²) in [6.07, 6.45) is 1.52. The van der Waals surface area contributed by atoms with Gasteiger partial charge in [0.15, 0.2) is 5.16 Å². The molecular formula is C18H17N5O3S. The molecule has 0 fully saturated rings. The number of nitrogens with zero attached hydrogens (tertiary/aromatic N) is 4. The van der Waals surface area contributed by atoms with Gasteiger partial charge < -0.3 is 9.88 Å². The SMILES string of the molecule is Cc1cccc(CNC(=O)c2ccc(Sc3nncn3C)c([N+](=O)[O-])c2)c1.